The van der Waals surface area contributed by atoms with Crippen molar-refractivity contribution in [1.29, 1.82) is 4.78 Å². The van der Waals surface area contributed by atoms with Crippen molar-refractivity contribution >= 4 is 9.73 Å². The van der Waals surface area contributed by atoms with E-state index in [0.29, 0.717) is 5.75 Å². The van der Waals surface area contributed by atoms with Gasteiger partial charge in [0.2, 0.25) is 0 Å². The first-order chi connectivity index (χ1) is 7.31. The molecule has 0 fully saturated rings. The van der Waals surface area contributed by atoms with Gasteiger partial charge in [0.15, 0.2) is 0 Å². The minimum absolute atomic E-state index is 0.0536. The highest BCUT2D eigenvalue weighted by atomic mass is 32.2. The van der Waals surface area contributed by atoms with Gasteiger partial charge in [0.1, 0.15) is 0 Å². The molecule has 1 aromatic heterocycles. The second-order valence-corrected chi connectivity index (χ2v) is 7.61. The fraction of sp³-hybridized carbons (Fsp3) is 0.583. The molecule has 4 heteroatoms. The highest BCUT2D eigenvalue weighted by Gasteiger charge is 2.24. The van der Waals surface area contributed by atoms with Crippen molar-refractivity contribution in [2.24, 2.45) is 0 Å². The second kappa shape index (κ2) is 3.55. The molecule has 0 spiro atoms. The van der Waals surface area contributed by atoms with E-state index in [1.165, 1.54) is 0 Å². The molecule has 1 atom stereocenters. The lowest BCUT2D eigenvalue weighted by molar-refractivity contribution is 0.564. The van der Waals surface area contributed by atoms with E-state index in [2.05, 4.69) is 25.8 Å². The third-order valence-corrected chi connectivity index (χ3v) is 4.90. The van der Waals surface area contributed by atoms with Crippen LogP contribution in [-0.4, -0.2) is 14.9 Å². The van der Waals surface area contributed by atoms with Crippen LogP contribution in [0.4, 0.5) is 0 Å². The molecule has 0 amide bonds. The zero-order valence-electron chi connectivity index (χ0n) is 10.0. The molecule has 0 saturated heterocycles. The summed E-state index contributed by atoms with van der Waals surface area (Å²) in [7, 11) is -2.56. The van der Waals surface area contributed by atoms with Crippen molar-refractivity contribution in [2.45, 2.75) is 43.9 Å². The SMILES string of the molecule is CC(C)(C)c1cc2c(cn1)CCC[S@@]2(=N)=O. The molecule has 2 rings (SSSR count). The van der Waals surface area contributed by atoms with Gasteiger partial charge in [0, 0.05) is 23.1 Å². The minimum atomic E-state index is -2.56. The Hall–Kier alpha value is -0.900. The molecule has 1 aliphatic rings. The first-order valence-corrected chi connectivity index (χ1v) is 7.29. The number of nitrogens with zero attached hydrogens (tertiary/aromatic N) is 1. The maximum Gasteiger partial charge on any atom is 0.0730 e. The normalized spacial score (nSPS) is 25.2. The Morgan fingerprint density at radius 3 is 2.75 bits per heavy atom. The van der Waals surface area contributed by atoms with Gasteiger partial charge in [-0.1, -0.05) is 20.8 Å². The van der Waals surface area contributed by atoms with Crippen LogP contribution in [0, 0.1) is 4.78 Å². The van der Waals surface area contributed by atoms with Crippen LogP contribution >= 0.6 is 0 Å². The summed E-state index contributed by atoms with van der Waals surface area (Å²) in [6, 6.07) is 1.88. The van der Waals surface area contributed by atoms with Crippen LogP contribution < -0.4 is 0 Å². The van der Waals surface area contributed by atoms with Crippen molar-refractivity contribution in [3.05, 3.63) is 23.5 Å². The van der Waals surface area contributed by atoms with E-state index in [0.717, 1.165) is 29.0 Å². The van der Waals surface area contributed by atoms with Crippen molar-refractivity contribution in [2.75, 3.05) is 5.75 Å². The van der Waals surface area contributed by atoms with Crippen molar-refractivity contribution in [1.82, 2.24) is 4.98 Å². The molecule has 1 aromatic rings. The van der Waals surface area contributed by atoms with Crippen LogP contribution in [0.5, 0.6) is 0 Å². The summed E-state index contributed by atoms with van der Waals surface area (Å²) in [5, 5.41) is 0. The van der Waals surface area contributed by atoms with Gasteiger partial charge < -0.3 is 0 Å². The fourth-order valence-corrected chi connectivity index (χ4v) is 3.60. The van der Waals surface area contributed by atoms with Gasteiger partial charge in [0.25, 0.3) is 0 Å². The van der Waals surface area contributed by atoms with Gasteiger partial charge in [-0.05, 0) is 24.5 Å². The number of aryl methyl sites for hydroxylation is 1. The Morgan fingerprint density at radius 1 is 1.44 bits per heavy atom. The van der Waals surface area contributed by atoms with Gasteiger partial charge in [-0.25, -0.2) is 8.99 Å². The molecule has 0 unspecified atom stereocenters. The van der Waals surface area contributed by atoms with E-state index in [1.807, 2.05) is 12.3 Å². The monoisotopic (exact) mass is 238 g/mol. The number of pyridine rings is 1. The molecule has 2 heterocycles. The Morgan fingerprint density at radius 2 is 2.12 bits per heavy atom. The molecule has 0 bridgehead atoms. The van der Waals surface area contributed by atoms with Crippen LogP contribution in [0.2, 0.25) is 0 Å². The third kappa shape index (κ3) is 1.98. The number of hydrogen-bond donors (Lipinski definition) is 1. The molecule has 88 valence electrons. The molecule has 0 radical (unpaired) electrons. The van der Waals surface area contributed by atoms with Crippen molar-refractivity contribution in [3.63, 3.8) is 0 Å². The summed E-state index contributed by atoms with van der Waals surface area (Å²) in [4.78, 5) is 5.14. The molecule has 0 aromatic carbocycles. The first kappa shape index (κ1) is 11.6. The summed E-state index contributed by atoms with van der Waals surface area (Å²) in [6.45, 7) is 6.24. The highest BCUT2D eigenvalue weighted by molar-refractivity contribution is 7.92. The molecular formula is C12H18N2OS. The Kier molecular flexibility index (Phi) is 2.57. The fourth-order valence-electron chi connectivity index (χ4n) is 1.95. The van der Waals surface area contributed by atoms with Gasteiger partial charge in [-0.15, -0.1) is 0 Å². The third-order valence-electron chi connectivity index (χ3n) is 2.95. The largest absolute Gasteiger partial charge is 0.260 e. The molecule has 0 aliphatic carbocycles. The predicted molar refractivity (Wildman–Crippen MR) is 65.3 cm³/mol. The van der Waals surface area contributed by atoms with Crippen LogP contribution in [0.25, 0.3) is 0 Å². The Bertz CT molecular complexity index is 512. The summed E-state index contributed by atoms with van der Waals surface area (Å²) in [6.07, 6.45) is 3.55. The smallest absolute Gasteiger partial charge is 0.0730 e. The van der Waals surface area contributed by atoms with E-state index in [1.54, 1.807) is 0 Å². The number of aromatic nitrogens is 1. The van der Waals surface area contributed by atoms with Gasteiger partial charge >= 0.3 is 0 Å². The van der Waals surface area contributed by atoms with Crippen molar-refractivity contribution in [3.8, 4) is 0 Å². The van der Waals surface area contributed by atoms with Gasteiger partial charge in [-0.2, -0.15) is 0 Å². The number of hydrogen-bond acceptors (Lipinski definition) is 3. The Labute approximate surface area is 97.3 Å². The Balaban J connectivity index is 2.61. The first-order valence-electron chi connectivity index (χ1n) is 5.56. The summed E-state index contributed by atoms with van der Waals surface area (Å²) >= 11 is 0. The van der Waals surface area contributed by atoms with Crippen LogP contribution in [0.15, 0.2) is 17.2 Å². The molecule has 16 heavy (non-hydrogen) atoms. The lowest BCUT2D eigenvalue weighted by Gasteiger charge is -2.23. The van der Waals surface area contributed by atoms with E-state index in [-0.39, 0.29) is 5.41 Å². The van der Waals surface area contributed by atoms with E-state index >= 15 is 0 Å². The standard InChI is InChI=1S/C12H18N2OS/c1-12(2,3)11-7-10-9(8-14-11)5-4-6-16(10,13)15/h7-8,13H,4-6H2,1-3H3/t16-/m1/s1. The lowest BCUT2D eigenvalue weighted by atomic mass is 9.91. The molecule has 3 nitrogen and oxygen atoms in total. The second-order valence-electron chi connectivity index (χ2n) is 5.41. The highest BCUT2D eigenvalue weighted by Crippen LogP contribution is 2.29. The van der Waals surface area contributed by atoms with E-state index in [4.69, 9.17) is 4.78 Å². The zero-order chi connectivity index (χ0) is 12.0. The summed E-state index contributed by atoms with van der Waals surface area (Å²) < 4.78 is 20.1. The summed E-state index contributed by atoms with van der Waals surface area (Å²) in [5.74, 6) is 0.494. The molecule has 1 N–H and O–H groups in total. The van der Waals surface area contributed by atoms with Crippen molar-refractivity contribution < 1.29 is 4.21 Å². The lowest BCUT2D eigenvalue weighted by Crippen LogP contribution is -2.19. The average molecular weight is 238 g/mol. The zero-order valence-corrected chi connectivity index (χ0v) is 10.9. The average Bonchev–Trinajstić information content (AvgIpc) is 2.15. The maximum atomic E-state index is 12.1. The maximum absolute atomic E-state index is 12.1. The van der Waals surface area contributed by atoms with Gasteiger partial charge in [0.05, 0.1) is 14.6 Å². The predicted octanol–water partition coefficient (Wildman–Crippen LogP) is 2.73. The van der Waals surface area contributed by atoms with Crippen LogP contribution in [-0.2, 0) is 21.6 Å². The number of fused-ring (bicyclic) bond motifs is 1. The minimum Gasteiger partial charge on any atom is -0.260 e. The molecular weight excluding hydrogens is 220 g/mol. The van der Waals surface area contributed by atoms with Crippen LogP contribution in [0.1, 0.15) is 38.4 Å². The summed E-state index contributed by atoms with van der Waals surface area (Å²) in [5.41, 5.74) is 1.87. The topological polar surface area (TPSA) is 53.8 Å². The number of rotatable bonds is 0. The van der Waals surface area contributed by atoms with E-state index in [9.17, 15) is 4.21 Å². The van der Waals surface area contributed by atoms with Gasteiger partial charge in [-0.3, -0.25) is 4.98 Å². The molecule has 1 aliphatic heterocycles. The molecule has 0 saturated carbocycles. The van der Waals surface area contributed by atoms with Crippen LogP contribution in [0.3, 0.4) is 0 Å². The van der Waals surface area contributed by atoms with E-state index < -0.39 is 9.73 Å². The number of nitrogens with one attached hydrogen (secondary N) is 1. The quantitative estimate of drug-likeness (QED) is 0.755.